The predicted octanol–water partition coefficient (Wildman–Crippen LogP) is 5.17. The van der Waals surface area contributed by atoms with Gasteiger partial charge in [-0.1, -0.05) is 30.3 Å². The fraction of sp³-hybridized carbons (Fsp3) is 0.0741. The number of thiazole rings is 1. The van der Waals surface area contributed by atoms with Crippen LogP contribution in [0.2, 0.25) is 0 Å². The van der Waals surface area contributed by atoms with E-state index in [1.54, 1.807) is 55.7 Å². The third kappa shape index (κ3) is 3.88. The molecule has 2 aromatic heterocycles. The standard InChI is InChI=1S/C27H18N4O3S/c1-16-25(35-26(30-16)19-5-3-2-4-6-19)23(32)21-22(18-11-13-29-14-12-18)31(27(34)24(21)33)20-9-7-17(15-28)8-10-20/h2-14,22,33H,1H3. The van der Waals surface area contributed by atoms with E-state index in [9.17, 15) is 14.7 Å². The van der Waals surface area contributed by atoms with E-state index in [4.69, 9.17) is 5.26 Å². The van der Waals surface area contributed by atoms with E-state index in [2.05, 4.69) is 9.97 Å². The first kappa shape index (κ1) is 22.2. The number of hydrogen-bond acceptors (Lipinski definition) is 7. The van der Waals surface area contributed by atoms with Crippen LogP contribution in [0.4, 0.5) is 5.69 Å². The molecule has 0 bridgehead atoms. The second kappa shape index (κ2) is 8.97. The number of aliphatic hydroxyl groups excluding tert-OH is 1. The lowest BCUT2D eigenvalue weighted by atomic mass is 9.95. The Kier molecular flexibility index (Phi) is 5.69. The number of nitriles is 1. The molecule has 35 heavy (non-hydrogen) atoms. The first-order valence-electron chi connectivity index (χ1n) is 10.7. The molecule has 1 aliphatic rings. The van der Waals surface area contributed by atoms with Gasteiger partial charge in [0.15, 0.2) is 5.76 Å². The van der Waals surface area contributed by atoms with Gasteiger partial charge in [0.2, 0.25) is 5.78 Å². The number of benzene rings is 2. The molecule has 0 saturated carbocycles. The largest absolute Gasteiger partial charge is 0.503 e. The summed E-state index contributed by atoms with van der Waals surface area (Å²) in [6, 6.07) is 20.5. The van der Waals surface area contributed by atoms with E-state index in [0.29, 0.717) is 32.4 Å². The van der Waals surface area contributed by atoms with Crippen LogP contribution in [0.1, 0.15) is 32.5 Å². The first-order valence-corrected chi connectivity index (χ1v) is 11.6. The highest BCUT2D eigenvalue weighted by Crippen LogP contribution is 2.43. The molecule has 1 N–H and O–H groups in total. The Morgan fingerprint density at radius 3 is 2.40 bits per heavy atom. The van der Waals surface area contributed by atoms with Crippen LogP contribution < -0.4 is 4.90 Å². The summed E-state index contributed by atoms with van der Waals surface area (Å²) >= 11 is 1.23. The topological polar surface area (TPSA) is 107 Å². The van der Waals surface area contributed by atoms with Crippen LogP contribution in [-0.4, -0.2) is 26.8 Å². The molecule has 4 aromatic rings. The number of ketones is 1. The maximum Gasteiger partial charge on any atom is 0.294 e. The third-order valence-electron chi connectivity index (χ3n) is 5.77. The Hall–Kier alpha value is -4.61. The number of amides is 1. The van der Waals surface area contributed by atoms with Crippen molar-refractivity contribution in [2.75, 3.05) is 4.90 Å². The van der Waals surface area contributed by atoms with Crippen molar-refractivity contribution in [3.8, 4) is 16.6 Å². The molecule has 170 valence electrons. The van der Waals surface area contributed by atoms with Crippen molar-refractivity contribution < 1.29 is 14.7 Å². The van der Waals surface area contributed by atoms with Crippen LogP contribution in [0, 0.1) is 18.3 Å². The summed E-state index contributed by atoms with van der Waals surface area (Å²) in [4.78, 5) is 37.5. The Morgan fingerprint density at radius 2 is 1.74 bits per heavy atom. The number of nitrogens with zero attached hydrogens (tertiary/aromatic N) is 4. The van der Waals surface area contributed by atoms with E-state index >= 15 is 0 Å². The maximum absolute atomic E-state index is 13.8. The van der Waals surface area contributed by atoms with Crippen LogP contribution in [0.5, 0.6) is 0 Å². The van der Waals surface area contributed by atoms with Gasteiger partial charge in [-0.25, -0.2) is 4.98 Å². The van der Waals surface area contributed by atoms with Gasteiger partial charge < -0.3 is 5.11 Å². The van der Waals surface area contributed by atoms with E-state index in [1.165, 1.54) is 16.2 Å². The zero-order valence-corrected chi connectivity index (χ0v) is 19.4. The van der Waals surface area contributed by atoms with Gasteiger partial charge in [0, 0.05) is 23.6 Å². The number of hydrogen-bond donors (Lipinski definition) is 1. The minimum Gasteiger partial charge on any atom is -0.503 e. The Labute approximate surface area is 205 Å². The molecule has 2 aromatic carbocycles. The lowest BCUT2D eigenvalue weighted by Crippen LogP contribution is -2.31. The molecule has 1 aliphatic heterocycles. The fourth-order valence-corrected chi connectivity index (χ4v) is 5.12. The minimum absolute atomic E-state index is 0.0167. The minimum atomic E-state index is -0.868. The summed E-state index contributed by atoms with van der Waals surface area (Å²) in [6.07, 6.45) is 3.14. The SMILES string of the molecule is Cc1nc(-c2ccccc2)sc1C(=O)C1=C(O)C(=O)N(c2ccc(C#N)cc2)C1c1ccncc1. The Morgan fingerprint density at radius 1 is 1.06 bits per heavy atom. The molecule has 0 fully saturated rings. The zero-order valence-electron chi connectivity index (χ0n) is 18.5. The molecular formula is C27H18N4O3S. The molecule has 7 nitrogen and oxygen atoms in total. The summed E-state index contributed by atoms with van der Waals surface area (Å²) in [5.41, 5.74) is 2.90. The van der Waals surface area contributed by atoms with Gasteiger partial charge >= 0.3 is 0 Å². The second-order valence-electron chi connectivity index (χ2n) is 7.91. The first-order chi connectivity index (χ1) is 17.0. The number of Topliss-reactive ketones (excluding diaryl/α,β-unsaturated/α-hetero) is 1. The van der Waals surface area contributed by atoms with Crippen LogP contribution in [0.15, 0.2) is 90.5 Å². The fourth-order valence-electron chi connectivity index (χ4n) is 4.09. The number of carbonyl (C=O) groups excluding carboxylic acids is 2. The van der Waals surface area contributed by atoms with Crippen molar-refractivity contribution in [3.63, 3.8) is 0 Å². The molecule has 8 heteroatoms. The Balaban J connectivity index is 1.62. The van der Waals surface area contributed by atoms with E-state index < -0.39 is 23.5 Å². The van der Waals surface area contributed by atoms with Crippen molar-refractivity contribution >= 4 is 28.7 Å². The average Bonchev–Trinajstić information content (AvgIpc) is 3.42. The summed E-state index contributed by atoms with van der Waals surface area (Å²) in [5.74, 6) is -1.74. The van der Waals surface area contributed by atoms with Crippen molar-refractivity contribution in [1.29, 1.82) is 5.26 Å². The van der Waals surface area contributed by atoms with Crippen LogP contribution in [0.3, 0.4) is 0 Å². The number of rotatable bonds is 5. The average molecular weight is 479 g/mol. The van der Waals surface area contributed by atoms with Crippen molar-refractivity contribution in [3.05, 3.63) is 112 Å². The van der Waals surface area contributed by atoms with Gasteiger partial charge in [0.05, 0.1) is 33.8 Å². The normalized spacial score (nSPS) is 15.4. The highest BCUT2D eigenvalue weighted by atomic mass is 32.1. The molecule has 0 radical (unpaired) electrons. The molecular weight excluding hydrogens is 460 g/mol. The molecule has 1 unspecified atom stereocenters. The van der Waals surface area contributed by atoms with Crippen LogP contribution in [-0.2, 0) is 4.79 Å². The van der Waals surface area contributed by atoms with E-state index in [-0.39, 0.29) is 5.57 Å². The van der Waals surface area contributed by atoms with Gasteiger partial charge in [0.1, 0.15) is 5.01 Å². The molecule has 0 saturated heterocycles. The number of anilines is 1. The summed E-state index contributed by atoms with van der Waals surface area (Å²) in [5, 5.41) is 20.8. The Bertz CT molecular complexity index is 1500. The molecule has 0 aliphatic carbocycles. The van der Waals surface area contributed by atoms with Crippen molar-refractivity contribution in [2.45, 2.75) is 13.0 Å². The van der Waals surface area contributed by atoms with E-state index in [1.807, 2.05) is 36.4 Å². The summed E-state index contributed by atoms with van der Waals surface area (Å²) in [6.45, 7) is 1.74. The monoisotopic (exact) mass is 478 g/mol. The van der Waals surface area contributed by atoms with Gasteiger partial charge in [-0.05, 0) is 48.9 Å². The highest BCUT2D eigenvalue weighted by molar-refractivity contribution is 7.17. The molecule has 0 spiro atoms. The lowest BCUT2D eigenvalue weighted by Gasteiger charge is -2.26. The smallest absolute Gasteiger partial charge is 0.294 e. The zero-order chi connectivity index (χ0) is 24.5. The van der Waals surface area contributed by atoms with Gasteiger partial charge in [-0.3, -0.25) is 19.5 Å². The maximum atomic E-state index is 13.8. The molecule has 3 heterocycles. The highest BCUT2D eigenvalue weighted by Gasteiger charge is 2.45. The number of aromatic nitrogens is 2. The summed E-state index contributed by atoms with van der Waals surface area (Å²) in [7, 11) is 0. The van der Waals surface area contributed by atoms with Gasteiger partial charge in [-0.2, -0.15) is 5.26 Å². The van der Waals surface area contributed by atoms with Crippen molar-refractivity contribution in [1.82, 2.24) is 9.97 Å². The van der Waals surface area contributed by atoms with Gasteiger partial charge in [0.25, 0.3) is 5.91 Å². The van der Waals surface area contributed by atoms with Crippen molar-refractivity contribution in [2.24, 2.45) is 0 Å². The molecule has 5 rings (SSSR count). The van der Waals surface area contributed by atoms with Gasteiger partial charge in [-0.15, -0.1) is 11.3 Å². The van der Waals surface area contributed by atoms with Crippen LogP contribution >= 0.6 is 11.3 Å². The molecule has 1 amide bonds. The quantitative estimate of drug-likeness (QED) is 0.397. The number of carbonyl (C=O) groups is 2. The number of aryl methyl sites for hydroxylation is 1. The second-order valence-corrected chi connectivity index (χ2v) is 8.91. The summed E-state index contributed by atoms with van der Waals surface area (Å²) < 4.78 is 0. The van der Waals surface area contributed by atoms with Crippen LogP contribution in [0.25, 0.3) is 10.6 Å². The predicted molar refractivity (Wildman–Crippen MR) is 132 cm³/mol. The molecule has 1 atom stereocenters. The number of aliphatic hydroxyl groups is 1. The third-order valence-corrected chi connectivity index (χ3v) is 6.98. The number of pyridine rings is 1. The lowest BCUT2D eigenvalue weighted by molar-refractivity contribution is -0.117. The van der Waals surface area contributed by atoms with E-state index in [0.717, 1.165) is 5.56 Å².